The molecule has 5 heteroatoms. The first-order chi connectivity index (χ1) is 11.7. The maximum absolute atomic E-state index is 6.01. The van der Waals surface area contributed by atoms with Crippen LogP contribution in [0.4, 0.5) is 0 Å². The Balaban J connectivity index is 2.08. The third kappa shape index (κ3) is 5.23. The molecular weight excluding hydrogens is 370 g/mol. The van der Waals surface area contributed by atoms with E-state index in [-0.39, 0.29) is 0 Å². The summed E-state index contributed by atoms with van der Waals surface area (Å²) in [6, 6.07) is 12.3. The van der Waals surface area contributed by atoms with Gasteiger partial charge in [0.05, 0.1) is 18.2 Å². The van der Waals surface area contributed by atoms with E-state index in [0.717, 1.165) is 40.2 Å². The van der Waals surface area contributed by atoms with Crippen LogP contribution in [0.25, 0.3) is 0 Å². The Kier molecular flexibility index (Phi) is 7.56. The molecule has 0 atom stereocenters. The summed E-state index contributed by atoms with van der Waals surface area (Å²) in [6.45, 7) is 4.83. The van der Waals surface area contributed by atoms with Gasteiger partial charge in [-0.2, -0.15) is 0 Å². The molecule has 0 aliphatic heterocycles. The Morgan fingerprint density at radius 3 is 2.62 bits per heavy atom. The van der Waals surface area contributed by atoms with Crippen molar-refractivity contribution in [3.63, 3.8) is 0 Å². The highest BCUT2D eigenvalue weighted by atomic mass is 79.9. The van der Waals surface area contributed by atoms with Crippen LogP contribution >= 0.6 is 15.9 Å². The maximum Gasteiger partial charge on any atom is 0.175 e. The van der Waals surface area contributed by atoms with Crippen molar-refractivity contribution in [2.75, 3.05) is 27.4 Å². The van der Waals surface area contributed by atoms with Crippen LogP contribution in [0.2, 0.25) is 0 Å². The van der Waals surface area contributed by atoms with E-state index in [9.17, 15) is 0 Å². The maximum atomic E-state index is 6.01. The average molecular weight is 394 g/mol. The van der Waals surface area contributed by atoms with Crippen molar-refractivity contribution in [1.29, 1.82) is 0 Å². The normalized spacial score (nSPS) is 10.7. The Hall–Kier alpha value is -1.56. The monoisotopic (exact) mass is 393 g/mol. The standard InChI is InChI=1S/C19H24BrNO3/c1-14-6-4-5-7-16(14)13-24-19-17(20)10-15(11-18(19)23-3)12-21-8-9-22-2/h4-7,10-11,21H,8-9,12-13H2,1-3H3. The highest BCUT2D eigenvalue weighted by Crippen LogP contribution is 2.37. The topological polar surface area (TPSA) is 39.7 Å². The highest BCUT2D eigenvalue weighted by molar-refractivity contribution is 9.10. The van der Waals surface area contributed by atoms with Gasteiger partial charge in [0.25, 0.3) is 0 Å². The molecule has 0 amide bonds. The summed E-state index contributed by atoms with van der Waals surface area (Å²) in [5.41, 5.74) is 3.50. The zero-order valence-corrected chi connectivity index (χ0v) is 16.0. The molecular formula is C19H24BrNO3. The van der Waals surface area contributed by atoms with Crippen molar-refractivity contribution >= 4 is 15.9 Å². The molecule has 0 unspecified atom stereocenters. The molecule has 0 aliphatic carbocycles. The smallest absolute Gasteiger partial charge is 0.175 e. The number of ether oxygens (including phenoxy) is 3. The minimum absolute atomic E-state index is 0.507. The van der Waals surface area contributed by atoms with Crippen molar-refractivity contribution in [3.8, 4) is 11.5 Å². The van der Waals surface area contributed by atoms with Crippen LogP contribution in [0.15, 0.2) is 40.9 Å². The molecule has 130 valence electrons. The van der Waals surface area contributed by atoms with Gasteiger partial charge in [-0.15, -0.1) is 0 Å². The van der Waals surface area contributed by atoms with Crippen LogP contribution in [0.3, 0.4) is 0 Å². The Morgan fingerprint density at radius 2 is 1.92 bits per heavy atom. The van der Waals surface area contributed by atoms with E-state index in [1.807, 2.05) is 18.2 Å². The molecule has 0 aliphatic rings. The zero-order chi connectivity index (χ0) is 17.4. The van der Waals surface area contributed by atoms with Gasteiger partial charge in [0.2, 0.25) is 0 Å². The van der Waals surface area contributed by atoms with E-state index in [1.54, 1.807) is 14.2 Å². The molecule has 2 aromatic carbocycles. The van der Waals surface area contributed by atoms with Crippen LogP contribution in [-0.2, 0) is 17.9 Å². The Bertz CT molecular complexity index is 661. The van der Waals surface area contributed by atoms with E-state index >= 15 is 0 Å². The summed E-state index contributed by atoms with van der Waals surface area (Å²) >= 11 is 3.60. The first kappa shape index (κ1) is 18.8. The highest BCUT2D eigenvalue weighted by Gasteiger charge is 2.12. The summed E-state index contributed by atoms with van der Waals surface area (Å²) in [5.74, 6) is 1.45. The van der Waals surface area contributed by atoms with Crippen LogP contribution in [0.1, 0.15) is 16.7 Å². The van der Waals surface area contributed by atoms with Crippen molar-refractivity contribution in [1.82, 2.24) is 5.32 Å². The van der Waals surface area contributed by atoms with Gasteiger partial charge in [0, 0.05) is 20.2 Å². The number of benzene rings is 2. The van der Waals surface area contributed by atoms with E-state index in [2.05, 4.69) is 46.4 Å². The second kappa shape index (κ2) is 9.67. The van der Waals surface area contributed by atoms with Crippen molar-refractivity contribution < 1.29 is 14.2 Å². The van der Waals surface area contributed by atoms with Crippen molar-refractivity contribution in [3.05, 3.63) is 57.6 Å². The van der Waals surface area contributed by atoms with Gasteiger partial charge in [0.1, 0.15) is 6.61 Å². The number of methoxy groups -OCH3 is 2. The lowest BCUT2D eigenvalue weighted by molar-refractivity contribution is 0.199. The molecule has 2 rings (SSSR count). The average Bonchev–Trinajstić information content (AvgIpc) is 2.58. The Labute approximate surface area is 152 Å². The fraction of sp³-hybridized carbons (Fsp3) is 0.368. The molecule has 0 radical (unpaired) electrons. The molecule has 2 aromatic rings. The summed E-state index contributed by atoms with van der Waals surface area (Å²) < 4.78 is 17.4. The minimum Gasteiger partial charge on any atom is -0.493 e. The number of hydrogen-bond donors (Lipinski definition) is 1. The molecule has 4 nitrogen and oxygen atoms in total. The lowest BCUT2D eigenvalue weighted by atomic mass is 10.1. The lowest BCUT2D eigenvalue weighted by Gasteiger charge is -2.15. The van der Waals surface area contributed by atoms with Gasteiger partial charge >= 0.3 is 0 Å². The third-order valence-electron chi connectivity index (χ3n) is 3.73. The molecule has 0 aromatic heterocycles. The van der Waals surface area contributed by atoms with Gasteiger partial charge in [0.15, 0.2) is 11.5 Å². The van der Waals surface area contributed by atoms with Gasteiger partial charge in [-0.3, -0.25) is 0 Å². The van der Waals surface area contributed by atoms with Crippen LogP contribution in [0.5, 0.6) is 11.5 Å². The van der Waals surface area contributed by atoms with E-state index in [1.165, 1.54) is 5.56 Å². The number of nitrogens with one attached hydrogen (secondary N) is 1. The van der Waals surface area contributed by atoms with Crippen LogP contribution in [0, 0.1) is 6.92 Å². The van der Waals surface area contributed by atoms with E-state index < -0.39 is 0 Å². The molecule has 0 fully saturated rings. The molecule has 0 heterocycles. The quantitative estimate of drug-likeness (QED) is 0.651. The van der Waals surface area contributed by atoms with Gasteiger partial charge in [-0.1, -0.05) is 24.3 Å². The molecule has 0 bridgehead atoms. The first-order valence-electron chi connectivity index (χ1n) is 7.89. The lowest BCUT2D eigenvalue weighted by Crippen LogP contribution is -2.18. The van der Waals surface area contributed by atoms with E-state index in [4.69, 9.17) is 14.2 Å². The van der Waals surface area contributed by atoms with Gasteiger partial charge in [-0.25, -0.2) is 0 Å². The van der Waals surface area contributed by atoms with Crippen LogP contribution in [-0.4, -0.2) is 27.4 Å². The summed E-state index contributed by atoms with van der Waals surface area (Å²) in [4.78, 5) is 0. The summed E-state index contributed by atoms with van der Waals surface area (Å²) in [6.07, 6.45) is 0. The number of rotatable bonds is 9. The second-order valence-corrected chi connectivity index (χ2v) is 6.35. The van der Waals surface area contributed by atoms with E-state index in [0.29, 0.717) is 13.2 Å². The first-order valence-corrected chi connectivity index (χ1v) is 8.68. The molecule has 24 heavy (non-hydrogen) atoms. The van der Waals surface area contributed by atoms with Crippen molar-refractivity contribution in [2.24, 2.45) is 0 Å². The largest absolute Gasteiger partial charge is 0.493 e. The molecule has 0 saturated heterocycles. The molecule has 0 saturated carbocycles. The predicted molar refractivity (Wildman–Crippen MR) is 99.8 cm³/mol. The zero-order valence-electron chi connectivity index (χ0n) is 14.4. The Morgan fingerprint density at radius 1 is 1.12 bits per heavy atom. The summed E-state index contributed by atoms with van der Waals surface area (Å²) in [7, 11) is 3.35. The fourth-order valence-electron chi connectivity index (χ4n) is 2.34. The van der Waals surface area contributed by atoms with Crippen molar-refractivity contribution in [2.45, 2.75) is 20.1 Å². The number of halogens is 1. The third-order valence-corrected chi connectivity index (χ3v) is 4.32. The molecule has 0 spiro atoms. The summed E-state index contributed by atoms with van der Waals surface area (Å²) in [5, 5.41) is 3.32. The van der Waals surface area contributed by atoms with Crippen LogP contribution < -0.4 is 14.8 Å². The minimum atomic E-state index is 0.507. The molecule has 1 N–H and O–H groups in total. The second-order valence-electron chi connectivity index (χ2n) is 5.49. The van der Waals surface area contributed by atoms with Gasteiger partial charge in [-0.05, 0) is 51.7 Å². The van der Waals surface area contributed by atoms with Gasteiger partial charge < -0.3 is 19.5 Å². The predicted octanol–water partition coefficient (Wildman–Crippen LogP) is 4.08. The SMILES string of the molecule is COCCNCc1cc(Br)c(OCc2ccccc2C)c(OC)c1. The number of hydrogen-bond acceptors (Lipinski definition) is 4. The fourth-order valence-corrected chi connectivity index (χ4v) is 2.95. The number of aryl methyl sites for hydroxylation is 1.